The molecule has 0 N–H and O–H groups in total. The Morgan fingerprint density at radius 3 is 1.72 bits per heavy atom. The largest absolute Gasteiger partial charge is 0.456 e. The van der Waals surface area contributed by atoms with Crippen molar-refractivity contribution in [2.24, 2.45) is 0 Å². The topological polar surface area (TPSA) is 15.7 Å². The molecule has 0 saturated heterocycles. The number of hydrogen-bond donors (Lipinski definition) is 0. The number of para-hydroxylation sites is 2. The lowest BCUT2D eigenvalue weighted by atomic mass is 9.92. The second kappa shape index (κ2) is 16.6. The Labute approximate surface area is 387 Å². The SMILES string of the molecule is Fc1cc(-c2cccc3ccccc23)cc(N(c2ccccc2)c2ccc3c(c2)Oc2cccc4c(N(c5ccccc5)c5c(F)cc(-c6ccccc6)cc5-c5ccccc5)ccc-3c24)c1. The van der Waals surface area contributed by atoms with E-state index in [1.165, 1.54) is 0 Å². The van der Waals surface area contributed by atoms with Crippen molar-refractivity contribution in [2.45, 2.75) is 0 Å². The molecule has 318 valence electrons. The van der Waals surface area contributed by atoms with Gasteiger partial charge in [0.15, 0.2) is 0 Å². The van der Waals surface area contributed by atoms with Crippen LogP contribution in [0.3, 0.4) is 0 Å². The van der Waals surface area contributed by atoms with Gasteiger partial charge in [-0.15, -0.1) is 0 Å². The van der Waals surface area contributed by atoms with Crippen LogP contribution >= 0.6 is 0 Å². The van der Waals surface area contributed by atoms with Gasteiger partial charge in [0.05, 0.1) is 11.4 Å². The minimum atomic E-state index is -0.343. The minimum Gasteiger partial charge on any atom is -0.456 e. The van der Waals surface area contributed by atoms with Crippen LogP contribution in [0.2, 0.25) is 0 Å². The predicted molar refractivity (Wildman–Crippen MR) is 273 cm³/mol. The van der Waals surface area contributed by atoms with Crippen molar-refractivity contribution in [3.8, 4) is 56.0 Å². The van der Waals surface area contributed by atoms with Gasteiger partial charge in [0.2, 0.25) is 0 Å². The maximum atomic E-state index is 17.4. The second-order valence-corrected chi connectivity index (χ2v) is 16.7. The molecular formula is C62H40F2N2O. The van der Waals surface area contributed by atoms with Crippen LogP contribution in [0.15, 0.2) is 243 Å². The van der Waals surface area contributed by atoms with Crippen molar-refractivity contribution in [2.75, 3.05) is 9.80 Å². The van der Waals surface area contributed by atoms with Crippen LogP contribution in [0.4, 0.5) is 42.9 Å². The van der Waals surface area contributed by atoms with E-state index in [0.717, 1.165) is 88.8 Å². The van der Waals surface area contributed by atoms with Crippen molar-refractivity contribution in [1.29, 1.82) is 0 Å². The molecule has 0 fully saturated rings. The molecular weight excluding hydrogens is 827 g/mol. The van der Waals surface area contributed by atoms with Crippen LogP contribution in [-0.4, -0.2) is 0 Å². The molecule has 0 atom stereocenters. The molecule has 3 nitrogen and oxygen atoms in total. The van der Waals surface area contributed by atoms with Crippen molar-refractivity contribution >= 4 is 55.7 Å². The average Bonchev–Trinajstić information content (AvgIpc) is 3.38. The number of fused-ring (bicyclic) bond motifs is 3. The Morgan fingerprint density at radius 2 is 0.955 bits per heavy atom. The fourth-order valence-corrected chi connectivity index (χ4v) is 9.73. The minimum absolute atomic E-state index is 0.334. The van der Waals surface area contributed by atoms with Crippen molar-refractivity contribution in [3.63, 3.8) is 0 Å². The molecule has 0 amide bonds. The first kappa shape index (κ1) is 39.8. The zero-order chi connectivity index (χ0) is 44.8. The summed E-state index contributed by atoms with van der Waals surface area (Å²) in [6.07, 6.45) is 0. The molecule has 11 aromatic carbocycles. The average molecular weight is 867 g/mol. The van der Waals surface area contributed by atoms with E-state index >= 15 is 8.78 Å². The molecule has 0 radical (unpaired) electrons. The number of benzene rings is 11. The highest BCUT2D eigenvalue weighted by atomic mass is 19.1. The van der Waals surface area contributed by atoms with E-state index < -0.39 is 0 Å². The molecule has 12 rings (SSSR count). The number of nitrogens with zero attached hydrogens (tertiary/aromatic N) is 2. The highest BCUT2D eigenvalue weighted by Crippen LogP contribution is 2.53. The van der Waals surface area contributed by atoms with E-state index in [0.29, 0.717) is 22.9 Å². The van der Waals surface area contributed by atoms with Gasteiger partial charge < -0.3 is 14.5 Å². The monoisotopic (exact) mass is 866 g/mol. The number of rotatable bonds is 9. The van der Waals surface area contributed by atoms with E-state index in [-0.39, 0.29) is 11.6 Å². The Hall–Kier alpha value is -8.80. The lowest BCUT2D eigenvalue weighted by molar-refractivity contribution is 0.487. The first-order valence-electron chi connectivity index (χ1n) is 22.4. The quantitative estimate of drug-likeness (QED) is 0.144. The second-order valence-electron chi connectivity index (χ2n) is 16.7. The van der Waals surface area contributed by atoms with E-state index in [9.17, 15) is 0 Å². The van der Waals surface area contributed by atoms with Crippen LogP contribution in [0.25, 0.3) is 66.1 Å². The summed E-state index contributed by atoms with van der Waals surface area (Å²) in [5.74, 6) is 0.680. The van der Waals surface area contributed by atoms with Gasteiger partial charge in [0, 0.05) is 50.7 Å². The summed E-state index contributed by atoms with van der Waals surface area (Å²) in [5.41, 5.74) is 11.5. The summed E-state index contributed by atoms with van der Waals surface area (Å²) in [6, 6.07) is 79.7. The molecule has 1 aliphatic heterocycles. The maximum Gasteiger partial charge on any atom is 0.148 e. The molecule has 67 heavy (non-hydrogen) atoms. The molecule has 1 aliphatic rings. The molecule has 1 heterocycles. The predicted octanol–water partition coefficient (Wildman–Crippen LogP) is 18.0. The Balaban J connectivity index is 1.00. The van der Waals surface area contributed by atoms with Crippen LogP contribution < -0.4 is 14.5 Å². The lowest BCUT2D eigenvalue weighted by Crippen LogP contribution is -2.14. The molecule has 11 aromatic rings. The third-order valence-corrected chi connectivity index (χ3v) is 12.7. The fourth-order valence-electron chi connectivity index (χ4n) is 9.73. The fraction of sp³-hybridized carbons (Fsp3) is 0. The van der Waals surface area contributed by atoms with Crippen molar-refractivity contribution in [1.82, 2.24) is 0 Å². The first-order valence-corrected chi connectivity index (χ1v) is 22.4. The van der Waals surface area contributed by atoms with E-state index in [1.807, 2.05) is 169 Å². The number of hydrogen-bond acceptors (Lipinski definition) is 3. The Kier molecular flexibility index (Phi) is 9.88. The normalized spacial score (nSPS) is 11.6. The molecule has 0 spiro atoms. The van der Waals surface area contributed by atoms with E-state index in [1.54, 1.807) is 18.2 Å². The lowest BCUT2D eigenvalue weighted by Gasteiger charge is -2.32. The van der Waals surface area contributed by atoms with Crippen molar-refractivity contribution in [3.05, 3.63) is 254 Å². The van der Waals surface area contributed by atoms with E-state index in [4.69, 9.17) is 4.74 Å². The molecule has 0 aromatic heterocycles. The van der Waals surface area contributed by atoms with Crippen LogP contribution in [-0.2, 0) is 0 Å². The Morgan fingerprint density at radius 1 is 0.328 bits per heavy atom. The van der Waals surface area contributed by atoms with Crippen LogP contribution in [0.5, 0.6) is 11.5 Å². The van der Waals surface area contributed by atoms with Gasteiger partial charge in [-0.25, -0.2) is 8.78 Å². The first-order chi connectivity index (χ1) is 33.1. The summed E-state index contributed by atoms with van der Waals surface area (Å²) in [7, 11) is 0. The highest BCUT2D eigenvalue weighted by molar-refractivity contribution is 6.12. The zero-order valence-corrected chi connectivity index (χ0v) is 36.2. The summed E-state index contributed by atoms with van der Waals surface area (Å²) in [6.45, 7) is 0. The highest BCUT2D eigenvalue weighted by Gasteiger charge is 2.28. The zero-order valence-electron chi connectivity index (χ0n) is 36.2. The molecule has 0 unspecified atom stereocenters. The summed E-state index contributed by atoms with van der Waals surface area (Å²) < 4.78 is 40.2. The van der Waals surface area contributed by atoms with Gasteiger partial charge in [-0.2, -0.15) is 0 Å². The Bertz CT molecular complexity index is 3630. The summed E-state index contributed by atoms with van der Waals surface area (Å²) in [5, 5.41) is 3.98. The molecule has 0 aliphatic carbocycles. The molecule has 0 bridgehead atoms. The van der Waals surface area contributed by atoms with Gasteiger partial charge in [-0.05, 0) is 123 Å². The van der Waals surface area contributed by atoms with E-state index in [2.05, 4.69) is 65.6 Å². The standard InChI is InChI=1S/C62H40F2N2O/c63-46-35-45(52-28-15-22-42-21-13-14-27-51(42)52)36-50(39-46)65(47-23-9-3-10-24-47)49-31-32-53-54-33-34-58(55-29-16-30-59(61(54)55)67-60(53)40-49)66(48-25-11-4-12-26-48)62-56(43-19-7-2-8-20-43)37-44(38-57(62)64)41-17-5-1-6-18-41/h1-40H. The van der Waals surface area contributed by atoms with Crippen molar-refractivity contribution < 1.29 is 13.5 Å². The van der Waals surface area contributed by atoms with Crippen LogP contribution in [0.1, 0.15) is 0 Å². The summed E-state index contributed by atoms with van der Waals surface area (Å²) >= 11 is 0. The number of ether oxygens (including phenoxy) is 1. The third kappa shape index (κ3) is 7.14. The van der Waals surface area contributed by atoms with Gasteiger partial charge in [-0.3, -0.25) is 0 Å². The molecule has 0 saturated carbocycles. The number of halogens is 2. The van der Waals surface area contributed by atoms with Gasteiger partial charge in [0.1, 0.15) is 23.1 Å². The smallest absolute Gasteiger partial charge is 0.148 e. The summed E-state index contributed by atoms with van der Waals surface area (Å²) in [4.78, 5) is 4.11. The van der Waals surface area contributed by atoms with Gasteiger partial charge in [0.25, 0.3) is 0 Å². The van der Waals surface area contributed by atoms with Crippen LogP contribution in [0, 0.1) is 11.6 Å². The van der Waals surface area contributed by atoms with Gasteiger partial charge in [-0.1, -0.05) is 158 Å². The number of anilines is 6. The molecule has 5 heteroatoms. The third-order valence-electron chi connectivity index (χ3n) is 12.7. The van der Waals surface area contributed by atoms with Gasteiger partial charge >= 0.3 is 0 Å². The maximum absolute atomic E-state index is 17.4.